The lowest BCUT2D eigenvalue weighted by molar-refractivity contribution is -0.133. The van der Waals surface area contributed by atoms with Crippen LogP contribution in [0.25, 0.3) is 22.7 Å². The van der Waals surface area contributed by atoms with E-state index in [1.165, 1.54) is 155 Å². The SMILES string of the molecule is CCCCCCCCCCCCCCCCS(=O)(=O)Nc1ccc(Cl)c(NC(=O)C(Oc2ccc(COC(=O)N(CCCCCCCCCCCC)c3ccc(/C=C(\C#N)c4nc5cc(C)ccc5o4)c(C)c3)cc2NS(=O)(=O)c2ccc(NS(C)(=O)=O)cc2)C(C)=O)c1. The van der Waals surface area contributed by atoms with Gasteiger partial charge in [0.05, 0.1) is 39.0 Å². The number of halogens is 1. The van der Waals surface area contributed by atoms with Gasteiger partial charge in [0.25, 0.3) is 15.9 Å². The van der Waals surface area contributed by atoms with Gasteiger partial charge in [0, 0.05) is 17.9 Å². The Hall–Kier alpha value is -7.45. The highest BCUT2D eigenvalue weighted by atomic mass is 35.5. The van der Waals surface area contributed by atoms with E-state index in [9.17, 15) is 44.9 Å². The summed E-state index contributed by atoms with van der Waals surface area (Å²) in [5.41, 5.74) is 4.50. The summed E-state index contributed by atoms with van der Waals surface area (Å²) in [5.74, 6) is -2.06. The molecule has 1 atom stereocenters. The summed E-state index contributed by atoms with van der Waals surface area (Å²) in [7, 11) is -12.0. The van der Waals surface area contributed by atoms with Crippen LogP contribution in [0, 0.1) is 25.2 Å². The van der Waals surface area contributed by atoms with E-state index < -0.39 is 60.6 Å². The fraction of sp³-hybridized carbons (Fsp3) is 0.479. The molecular weight excluding hydrogens is 1270 g/mol. The van der Waals surface area contributed by atoms with Crippen LogP contribution in [0.15, 0.2) is 106 Å². The zero-order chi connectivity index (χ0) is 68.1. The number of hydrogen-bond donors (Lipinski definition) is 4. The van der Waals surface area contributed by atoms with Crippen LogP contribution in [0.3, 0.4) is 0 Å². The maximum atomic E-state index is 14.4. The average Bonchev–Trinajstić information content (AvgIpc) is 1.84. The zero-order valence-corrected chi connectivity index (χ0v) is 58.5. The van der Waals surface area contributed by atoms with Crippen LogP contribution in [-0.2, 0) is 51.0 Å². The maximum Gasteiger partial charge on any atom is 0.414 e. The Kier molecular flexibility index (Phi) is 30.7. The van der Waals surface area contributed by atoms with Crippen LogP contribution in [-0.4, -0.2) is 72.7 Å². The Morgan fingerprint density at radius 1 is 0.660 bits per heavy atom. The van der Waals surface area contributed by atoms with Gasteiger partial charge in [-0.3, -0.25) is 28.7 Å². The van der Waals surface area contributed by atoms with Crippen molar-refractivity contribution in [1.29, 1.82) is 5.26 Å². The molecule has 6 aromatic rings. The highest BCUT2D eigenvalue weighted by Gasteiger charge is 2.29. The second kappa shape index (κ2) is 38.2. The number of sulfonamides is 3. The number of amides is 2. The molecule has 2 amide bonds. The first-order valence-electron chi connectivity index (χ1n) is 33.0. The van der Waals surface area contributed by atoms with Crippen LogP contribution in [0.2, 0.25) is 5.02 Å². The number of nitrogens with one attached hydrogen (secondary N) is 4. The number of nitriles is 1. The number of benzene rings is 5. The first kappa shape index (κ1) is 75.6. The van der Waals surface area contributed by atoms with E-state index in [0.717, 1.165) is 75.7 Å². The number of anilines is 5. The minimum absolute atomic E-state index is 0.0131. The summed E-state index contributed by atoms with van der Waals surface area (Å²) in [6.07, 6.45) is 26.5. The van der Waals surface area contributed by atoms with Crippen LogP contribution >= 0.6 is 11.6 Å². The third-order valence-electron chi connectivity index (χ3n) is 15.9. The van der Waals surface area contributed by atoms with Gasteiger partial charge in [-0.2, -0.15) is 5.26 Å². The largest absolute Gasteiger partial charge is 0.470 e. The molecule has 1 unspecified atom stereocenters. The first-order chi connectivity index (χ1) is 45.0. The molecule has 0 aliphatic heterocycles. The number of ketones is 1. The molecule has 0 spiro atoms. The lowest BCUT2D eigenvalue weighted by Gasteiger charge is -2.24. The van der Waals surface area contributed by atoms with Crippen LogP contribution in [0.1, 0.15) is 203 Å². The molecule has 0 aliphatic carbocycles. The molecule has 1 aromatic heterocycles. The van der Waals surface area contributed by atoms with Gasteiger partial charge < -0.3 is 19.2 Å². The van der Waals surface area contributed by atoms with E-state index in [0.29, 0.717) is 41.7 Å². The fourth-order valence-electron chi connectivity index (χ4n) is 10.8. The molecule has 510 valence electrons. The molecule has 0 bridgehead atoms. The molecule has 19 nitrogen and oxygen atoms in total. The van der Waals surface area contributed by atoms with Gasteiger partial charge in [-0.15, -0.1) is 0 Å². The number of aromatic nitrogens is 1. The lowest BCUT2D eigenvalue weighted by Crippen LogP contribution is -2.39. The Labute approximate surface area is 562 Å². The van der Waals surface area contributed by atoms with Crippen molar-refractivity contribution in [2.75, 3.05) is 42.9 Å². The van der Waals surface area contributed by atoms with Gasteiger partial charge in [0.15, 0.2) is 11.4 Å². The maximum absolute atomic E-state index is 14.4. The summed E-state index contributed by atoms with van der Waals surface area (Å²) in [6, 6.07) is 26.3. The highest BCUT2D eigenvalue weighted by Crippen LogP contribution is 2.33. The predicted molar refractivity (Wildman–Crippen MR) is 378 cm³/mol. The fourth-order valence-corrected chi connectivity index (χ4v) is 13.7. The van der Waals surface area contributed by atoms with Gasteiger partial charge in [0.1, 0.15) is 29.5 Å². The number of hydrogen-bond acceptors (Lipinski definition) is 14. The van der Waals surface area contributed by atoms with Crippen LogP contribution < -0.4 is 29.1 Å². The lowest BCUT2D eigenvalue weighted by atomic mass is 10.0. The number of unbranched alkanes of at least 4 members (excludes halogenated alkanes) is 22. The molecule has 0 radical (unpaired) electrons. The third-order valence-corrected chi connectivity index (χ3v) is 19.6. The molecule has 6 rings (SSSR count). The van der Waals surface area contributed by atoms with Gasteiger partial charge in [-0.25, -0.2) is 35.0 Å². The highest BCUT2D eigenvalue weighted by molar-refractivity contribution is 7.93. The van der Waals surface area contributed by atoms with Crippen molar-refractivity contribution in [3.05, 3.63) is 130 Å². The first-order valence-corrected chi connectivity index (χ1v) is 38.4. The Balaban J connectivity index is 1.18. The second-order valence-corrected chi connectivity index (χ2v) is 29.9. The standard InChI is InChI=1S/C71H94ClN7O12S3/c1-7-9-11-13-15-17-19-20-21-22-24-26-28-30-44-93(85,86)77-59-36-40-62(72)63(49-59)74-69(81)68(54(5)80)90-67-42-32-55(47-65(67)78-94(87,88)61-38-34-58(35-39-61)76-92(6,83)84)51-89-71(82)79(43-29-27-25-23-18-16-14-12-10-8-2)60-37-33-56(53(4)46-60)48-57(50-73)70-75-64-45-52(3)31-41-66(64)91-70/h31-42,45-49,68,76-78H,7-30,43-44,51H2,1-6H3,(H,74,81)/b57-48+. The van der Waals surface area contributed by atoms with Crippen molar-refractivity contribution in [3.63, 3.8) is 0 Å². The summed E-state index contributed by atoms with van der Waals surface area (Å²) >= 11 is 6.53. The van der Waals surface area contributed by atoms with Crippen molar-refractivity contribution >= 4 is 111 Å². The normalized spacial score (nSPS) is 12.3. The van der Waals surface area contributed by atoms with E-state index >= 15 is 0 Å². The van der Waals surface area contributed by atoms with E-state index in [1.807, 2.05) is 38.1 Å². The van der Waals surface area contributed by atoms with Crippen molar-refractivity contribution in [2.24, 2.45) is 0 Å². The van der Waals surface area contributed by atoms with Gasteiger partial charge in [-0.05, 0) is 141 Å². The molecule has 0 aliphatic rings. The van der Waals surface area contributed by atoms with Crippen LogP contribution in [0.5, 0.6) is 5.75 Å². The summed E-state index contributed by atoms with van der Waals surface area (Å²) in [6.45, 7) is 9.22. The number of oxazole rings is 1. The molecular formula is C71H94ClN7O12S3. The number of rotatable bonds is 43. The number of nitrogens with zero attached hydrogens (tertiary/aromatic N) is 3. The Morgan fingerprint density at radius 2 is 1.24 bits per heavy atom. The number of allylic oxidation sites excluding steroid dienone is 1. The number of fused-ring (bicyclic) bond motifs is 1. The Bertz CT molecular complexity index is 3890. The second-order valence-electron chi connectivity index (χ2n) is 24.2. The van der Waals surface area contributed by atoms with E-state index in [2.05, 4.69) is 44.4 Å². The molecule has 1 heterocycles. The average molecular weight is 1370 g/mol. The van der Waals surface area contributed by atoms with Crippen molar-refractivity contribution < 1.29 is 53.5 Å². The third kappa shape index (κ3) is 25.7. The molecule has 0 saturated heterocycles. The number of ether oxygens (including phenoxy) is 2. The summed E-state index contributed by atoms with van der Waals surface area (Å²) < 4.78 is 104. The van der Waals surface area contributed by atoms with Crippen molar-refractivity contribution in [2.45, 2.75) is 206 Å². The van der Waals surface area contributed by atoms with Gasteiger partial charge in [-0.1, -0.05) is 185 Å². The van der Waals surface area contributed by atoms with Gasteiger partial charge in [0.2, 0.25) is 32.0 Å². The molecule has 23 heteroatoms. The smallest absolute Gasteiger partial charge is 0.414 e. The topological polar surface area (TPSA) is 273 Å². The minimum Gasteiger partial charge on any atom is -0.470 e. The van der Waals surface area contributed by atoms with E-state index in [-0.39, 0.29) is 61.2 Å². The number of aryl methyl sites for hydroxylation is 2. The molecule has 5 aromatic carbocycles. The number of carbonyl (C=O) groups excluding carboxylic acids is 3. The van der Waals surface area contributed by atoms with E-state index in [1.54, 1.807) is 18.2 Å². The molecule has 0 fully saturated rings. The monoisotopic (exact) mass is 1370 g/mol. The quantitative estimate of drug-likeness (QED) is 0.0157. The summed E-state index contributed by atoms with van der Waals surface area (Å²) in [4.78, 5) is 47.7. The van der Waals surface area contributed by atoms with Gasteiger partial charge >= 0.3 is 6.09 Å². The molecule has 4 N–H and O–H groups in total. The van der Waals surface area contributed by atoms with Crippen molar-refractivity contribution in [1.82, 2.24) is 4.98 Å². The van der Waals surface area contributed by atoms with E-state index in [4.69, 9.17) is 25.5 Å². The Morgan fingerprint density at radius 3 is 1.82 bits per heavy atom. The minimum atomic E-state index is -4.54. The predicted octanol–water partition coefficient (Wildman–Crippen LogP) is 17.6. The number of carbonyl (C=O) groups is 3. The van der Waals surface area contributed by atoms with Crippen molar-refractivity contribution in [3.8, 4) is 11.8 Å². The molecule has 0 saturated carbocycles. The number of Topliss-reactive ketones (excluding diaryl/α,β-unsaturated/α-hetero) is 1. The summed E-state index contributed by atoms with van der Waals surface area (Å²) in [5, 5.41) is 12.8. The van der Waals surface area contributed by atoms with Crippen LogP contribution in [0.4, 0.5) is 33.2 Å². The zero-order valence-electron chi connectivity index (χ0n) is 55.3. The molecule has 94 heavy (non-hydrogen) atoms.